The van der Waals surface area contributed by atoms with Gasteiger partial charge in [-0.15, -0.1) is 0 Å². The van der Waals surface area contributed by atoms with Gasteiger partial charge in [0.2, 0.25) is 0 Å². The summed E-state index contributed by atoms with van der Waals surface area (Å²) in [5.74, 6) is 1.54. The van der Waals surface area contributed by atoms with Crippen molar-refractivity contribution >= 4 is 0 Å². The number of ether oxygens (including phenoxy) is 2. The van der Waals surface area contributed by atoms with E-state index in [1.165, 1.54) is 0 Å². The fourth-order valence-electron chi connectivity index (χ4n) is 1.51. The summed E-state index contributed by atoms with van der Waals surface area (Å²) in [6.45, 7) is 3.58. The first-order chi connectivity index (χ1) is 6.81. The van der Waals surface area contributed by atoms with E-state index < -0.39 is 0 Å². The normalized spacial score (nSPS) is 14.1. The molecule has 1 aromatic carbocycles. The monoisotopic (exact) mass is 195 g/mol. The first-order valence-electron chi connectivity index (χ1n) is 4.57. The van der Waals surface area contributed by atoms with E-state index in [4.69, 9.17) is 14.7 Å². The molecule has 0 atom stereocenters. The highest BCUT2D eigenvalue weighted by molar-refractivity contribution is 5.47. The summed E-state index contributed by atoms with van der Waals surface area (Å²) in [6.07, 6.45) is 0. The van der Waals surface area contributed by atoms with Crippen LogP contribution >= 0.6 is 0 Å². The summed E-state index contributed by atoms with van der Waals surface area (Å²) in [7, 11) is 0. The number of fused-ring (bicyclic) bond motifs is 1. The van der Waals surface area contributed by atoms with Crippen LogP contribution in [0, 0.1) is 6.92 Å². The average Bonchev–Trinajstić information content (AvgIpc) is 2.19. The second-order valence-corrected chi connectivity index (χ2v) is 3.26. The van der Waals surface area contributed by atoms with Gasteiger partial charge in [0.25, 0.3) is 0 Å². The third-order valence-corrected chi connectivity index (χ3v) is 2.27. The highest BCUT2D eigenvalue weighted by Gasteiger charge is 2.13. The maximum absolute atomic E-state index is 8.63. The van der Waals surface area contributed by atoms with Crippen LogP contribution in [0.2, 0.25) is 0 Å². The standard InChI is InChI=1S/C10H13NO3/c1-7-4-9-10(14-3-2-13-9)5-8(7)6-11-12/h4-5,11-12H,2-3,6H2,1H3. The van der Waals surface area contributed by atoms with E-state index in [-0.39, 0.29) is 0 Å². The molecule has 0 amide bonds. The number of rotatable bonds is 2. The fourth-order valence-corrected chi connectivity index (χ4v) is 1.51. The maximum Gasteiger partial charge on any atom is 0.161 e. The summed E-state index contributed by atoms with van der Waals surface area (Å²) in [5.41, 5.74) is 4.23. The molecule has 0 saturated carbocycles. The predicted octanol–water partition coefficient (Wildman–Crippen LogP) is 1.25. The zero-order valence-electron chi connectivity index (χ0n) is 8.04. The van der Waals surface area contributed by atoms with Gasteiger partial charge in [0, 0.05) is 6.54 Å². The lowest BCUT2D eigenvalue weighted by Crippen LogP contribution is -2.16. The van der Waals surface area contributed by atoms with Crippen molar-refractivity contribution in [2.75, 3.05) is 13.2 Å². The molecule has 76 valence electrons. The Kier molecular flexibility index (Phi) is 2.56. The van der Waals surface area contributed by atoms with E-state index in [1.54, 1.807) is 0 Å². The van der Waals surface area contributed by atoms with Crippen molar-refractivity contribution in [3.8, 4) is 11.5 Å². The van der Waals surface area contributed by atoms with Crippen LogP contribution in [0.3, 0.4) is 0 Å². The molecule has 1 aliphatic rings. The quantitative estimate of drug-likeness (QED) is 0.697. The van der Waals surface area contributed by atoms with Crippen LogP contribution in [0.15, 0.2) is 12.1 Å². The van der Waals surface area contributed by atoms with Gasteiger partial charge >= 0.3 is 0 Å². The summed E-state index contributed by atoms with van der Waals surface area (Å²) in [4.78, 5) is 0. The Labute approximate surface area is 82.4 Å². The Bertz CT molecular complexity index is 338. The van der Waals surface area contributed by atoms with Crippen LogP contribution in [0.5, 0.6) is 11.5 Å². The van der Waals surface area contributed by atoms with E-state index >= 15 is 0 Å². The Balaban J connectivity index is 2.35. The van der Waals surface area contributed by atoms with Crippen molar-refractivity contribution in [2.24, 2.45) is 0 Å². The van der Waals surface area contributed by atoms with Gasteiger partial charge in [-0.05, 0) is 30.2 Å². The molecular weight excluding hydrogens is 182 g/mol. The average molecular weight is 195 g/mol. The van der Waals surface area contributed by atoms with E-state index in [0.717, 1.165) is 22.6 Å². The molecule has 0 fully saturated rings. The molecule has 4 nitrogen and oxygen atoms in total. The molecule has 1 aliphatic heterocycles. The van der Waals surface area contributed by atoms with Gasteiger partial charge in [0.15, 0.2) is 11.5 Å². The van der Waals surface area contributed by atoms with Crippen molar-refractivity contribution < 1.29 is 14.7 Å². The van der Waals surface area contributed by atoms with Gasteiger partial charge in [0.05, 0.1) is 0 Å². The lowest BCUT2D eigenvalue weighted by Gasteiger charge is -2.20. The smallest absolute Gasteiger partial charge is 0.161 e. The van der Waals surface area contributed by atoms with E-state index in [1.807, 2.05) is 19.1 Å². The third-order valence-electron chi connectivity index (χ3n) is 2.27. The maximum atomic E-state index is 8.63. The number of hydroxylamine groups is 1. The zero-order valence-corrected chi connectivity index (χ0v) is 8.04. The molecule has 0 spiro atoms. The summed E-state index contributed by atoms with van der Waals surface area (Å²) in [5, 5.41) is 8.63. The van der Waals surface area contributed by atoms with Gasteiger partial charge < -0.3 is 14.7 Å². The molecule has 1 aromatic rings. The van der Waals surface area contributed by atoms with Crippen molar-refractivity contribution in [1.29, 1.82) is 0 Å². The van der Waals surface area contributed by atoms with Gasteiger partial charge in [-0.3, -0.25) is 0 Å². The fraction of sp³-hybridized carbons (Fsp3) is 0.400. The topological polar surface area (TPSA) is 50.7 Å². The molecule has 2 N–H and O–H groups in total. The van der Waals surface area contributed by atoms with Crippen LogP contribution in [-0.2, 0) is 6.54 Å². The first-order valence-corrected chi connectivity index (χ1v) is 4.57. The lowest BCUT2D eigenvalue weighted by molar-refractivity contribution is 0.159. The van der Waals surface area contributed by atoms with Gasteiger partial charge in [-0.1, -0.05) is 0 Å². The lowest BCUT2D eigenvalue weighted by atomic mass is 10.1. The largest absolute Gasteiger partial charge is 0.486 e. The van der Waals surface area contributed by atoms with Crippen LogP contribution in [0.1, 0.15) is 11.1 Å². The summed E-state index contributed by atoms with van der Waals surface area (Å²) < 4.78 is 10.9. The molecule has 2 rings (SSSR count). The molecular formula is C10H13NO3. The third kappa shape index (κ3) is 1.66. The minimum absolute atomic E-state index is 0.419. The van der Waals surface area contributed by atoms with Crippen LogP contribution < -0.4 is 15.0 Å². The highest BCUT2D eigenvalue weighted by atomic mass is 16.6. The summed E-state index contributed by atoms with van der Waals surface area (Å²) >= 11 is 0. The van der Waals surface area contributed by atoms with Crippen molar-refractivity contribution in [1.82, 2.24) is 5.48 Å². The number of hydrogen-bond donors (Lipinski definition) is 2. The Hall–Kier alpha value is -1.26. The minimum Gasteiger partial charge on any atom is -0.486 e. The van der Waals surface area contributed by atoms with Crippen LogP contribution in [-0.4, -0.2) is 18.4 Å². The Morgan fingerprint density at radius 1 is 1.29 bits per heavy atom. The van der Waals surface area contributed by atoms with Crippen LogP contribution in [0.25, 0.3) is 0 Å². The molecule has 14 heavy (non-hydrogen) atoms. The highest BCUT2D eigenvalue weighted by Crippen LogP contribution is 2.32. The molecule has 0 radical (unpaired) electrons. The van der Waals surface area contributed by atoms with Gasteiger partial charge in [-0.2, -0.15) is 0 Å². The number of benzene rings is 1. The number of aryl methyl sites for hydroxylation is 1. The minimum atomic E-state index is 0.419. The molecule has 0 bridgehead atoms. The van der Waals surface area contributed by atoms with Crippen molar-refractivity contribution in [2.45, 2.75) is 13.5 Å². The second kappa shape index (κ2) is 3.86. The second-order valence-electron chi connectivity index (χ2n) is 3.26. The van der Waals surface area contributed by atoms with Crippen molar-refractivity contribution in [3.63, 3.8) is 0 Å². The number of hydrogen-bond acceptors (Lipinski definition) is 4. The first kappa shape index (κ1) is 9.30. The molecule has 4 heteroatoms. The van der Waals surface area contributed by atoms with Crippen molar-refractivity contribution in [3.05, 3.63) is 23.3 Å². The molecule has 0 aromatic heterocycles. The van der Waals surface area contributed by atoms with E-state index in [2.05, 4.69) is 5.48 Å². The van der Waals surface area contributed by atoms with Crippen LogP contribution in [0.4, 0.5) is 0 Å². The van der Waals surface area contributed by atoms with E-state index in [0.29, 0.717) is 19.8 Å². The number of nitrogens with one attached hydrogen (secondary N) is 1. The summed E-state index contributed by atoms with van der Waals surface area (Å²) in [6, 6.07) is 3.83. The predicted molar refractivity (Wildman–Crippen MR) is 50.8 cm³/mol. The van der Waals surface area contributed by atoms with Gasteiger partial charge in [-0.25, -0.2) is 5.48 Å². The molecule has 0 aliphatic carbocycles. The van der Waals surface area contributed by atoms with E-state index in [9.17, 15) is 0 Å². The Morgan fingerprint density at radius 2 is 1.93 bits per heavy atom. The molecule has 1 heterocycles. The SMILES string of the molecule is Cc1cc2c(cc1CNO)OCCO2. The molecule has 0 saturated heterocycles. The molecule has 0 unspecified atom stereocenters. The Morgan fingerprint density at radius 3 is 2.57 bits per heavy atom. The van der Waals surface area contributed by atoms with Gasteiger partial charge in [0.1, 0.15) is 13.2 Å². The zero-order chi connectivity index (χ0) is 9.97.